The Morgan fingerprint density at radius 2 is 1.92 bits per heavy atom. The number of rotatable bonds is 6. The Balaban J connectivity index is 1.99. The molecule has 1 N–H and O–H groups in total. The molecule has 0 unspecified atom stereocenters. The molecule has 1 aromatic carbocycles. The van der Waals surface area contributed by atoms with Gasteiger partial charge < -0.3 is 10.0 Å². The lowest BCUT2D eigenvalue weighted by molar-refractivity contribution is -0.138. The van der Waals surface area contributed by atoms with Crippen LogP contribution in [0, 0.1) is 5.82 Å². The molecule has 1 aliphatic rings. The standard InChI is InChI=1S/C18H17FN2O3S/c1-20(8-9-22)16-15(14-7-4-10-25-14)17(23)21(18(16)24)11-12-5-2-3-6-13(12)19/h2-7,10,22H,8-9,11H2,1H3. The molecular weight excluding hydrogens is 343 g/mol. The predicted molar refractivity (Wildman–Crippen MR) is 92.9 cm³/mol. The zero-order chi connectivity index (χ0) is 18.0. The van der Waals surface area contributed by atoms with Gasteiger partial charge in [-0.1, -0.05) is 24.3 Å². The van der Waals surface area contributed by atoms with Gasteiger partial charge in [-0.05, 0) is 17.5 Å². The zero-order valence-electron chi connectivity index (χ0n) is 13.6. The van der Waals surface area contributed by atoms with Crippen LogP contribution in [-0.4, -0.2) is 46.9 Å². The second-order valence-electron chi connectivity index (χ2n) is 5.63. The van der Waals surface area contributed by atoms with E-state index in [1.165, 1.54) is 17.4 Å². The number of aliphatic hydroxyl groups is 1. The van der Waals surface area contributed by atoms with Gasteiger partial charge in [0, 0.05) is 24.0 Å². The molecule has 130 valence electrons. The Morgan fingerprint density at radius 1 is 1.16 bits per heavy atom. The van der Waals surface area contributed by atoms with Gasteiger partial charge >= 0.3 is 0 Å². The molecule has 0 saturated carbocycles. The van der Waals surface area contributed by atoms with Crippen molar-refractivity contribution in [2.24, 2.45) is 0 Å². The molecule has 25 heavy (non-hydrogen) atoms. The number of carbonyl (C=O) groups excluding carboxylic acids is 2. The van der Waals surface area contributed by atoms with Crippen molar-refractivity contribution < 1.29 is 19.1 Å². The van der Waals surface area contributed by atoms with Crippen LogP contribution in [0.15, 0.2) is 47.5 Å². The maximum Gasteiger partial charge on any atom is 0.278 e. The molecule has 1 aromatic heterocycles. The van der Waals surface area contributed by atoms with E-state index in [9.17, 15) is 19.1 Å². The lowest BCUT2D eigenvalue weighted by Crippen LogP contribution is -2.34. The van der Waals surface area contributed by atoms with Gasteiger partial charge in [0.2, 0.25) is 0 Å². The van der Waals surface area contributed by atoms with Gasteiger partial charge in [0.15, 0.2) is 0 Å². The van der Waals surface area contributed by atoms with Crippen molar-refractivity contribution in [3.8, 4) is 0 Å². The highest BCUT2D eigenvalue weighted by atomic mass is 32.1. The summed E-state index contributed by atoms with van der Waals surface area (Å²) >= 11 is 1.36. The first-order valence-corrected chi connectivity index (χ1v) is 8.62. The lowest BCUT2D eigenvalue weighted by Gasteiger charge is -2.20. The lowest BCUT2D eigenvalue weighted by atomic mass is 10.1. The summed E-state index contributed by atoms with van der Waals surface area (Å²) in [4.78, 5) is 29.0. The molecule has 0 spiro atoms. The Bertz CT molecular complexity index is 833. The van der Waals surface area contributed by atoms with E-state index in [2.05, 4.69) is 0 Å². The fourth-order valence-corrected chi connectivity index (χ4v) is 3.53. The van der Waals surface area contributed by atoms with E-state index in [-0.39, 0.29) is 31.0 Å². The smallest absolute Gasteiger partial charge is 0.278 e. The molecule has 2 aromatic rings. The summed E-state index contributed by atoms with van der Waals surface area (Å²) < 4.78 is 13.9. The molecule has 0 saturated heterocycles. The first-order chi connectivity index (χ1) is 12.0. The van der Waals surface area contributed by atoms with Crippen LogP contribution in [0.1, 0.15) is 10.4 Å². The highest BCUT2D eigenvalue weighted by Crippen LogP contribution is 2.34. The van der Waals surface area contributed by atoms with Crippen LogP contribution in [-0.2, 0) is 16.1 Å². The summed E-state index contributed by atoms with van der Waals surface area (Å²) in [7, 11) is 1.65. The van der Waals surface area contributed by atoms with Crippen molar-refractivity contribution in [2.45, 2.75) is 6.54 Å². The SMILES string of the molecule is CN(CCO)C1=C(c2cccs2)C(=O)N(Cc2ccccc2F)C1=O. The topological polar surface area (TPSA) is 60.9 Å². The highest BCUT2D eigenvalue weighted by Gasteiger charge is 2.41. The average Bonchev–Trinajstić information content (AvgIpc) is 3.19. The number of amides is 2. The fraction of sp³-hybridized carbons (Fsp3) is 0.222. The highest BCUT2D eigenvalue weighted by molar-refractivity contribution is 7.11. The number of halogens is 1. The third-order valence-electron chi connectivity index (χ3n) is 4.01. The van der Waals surface area contributed by atoms with E-state index < -0.39 is 17.6 Å². The predicted octanol–water partition coefficient (Wildman–Crippen LogP) is 2.09. The molecule has 0 bridgehead atoms. The molecular formula is C18H17FN2O3S. The second-order valence-corrected chi connectivity index (χ2v) is 6.58. The molecule has 2 heterocycles. The summed E-state index contributed by atoms with van der Waals surface area (Å²) in [6.45, 7) is -0.0566. The van der Waals surface area contributed by atoms with Gasteiger partial charge in [-0.2, -0.15) is 0 Å². The molecule has 7 heteroatoms. The van der Waals surface area contributed by atoms with Gasteiger partial charge in [-0.25, -0.2) is 4.39 Å². The number of aliphatic hydroxyl groups excluding tert-OH is 1. The molecule has 0 aliphatic carbocycles. The Hall–Kier alpha value is -2.51. The maximum atomic E-state index is 13.9. The second kappa shape index (κ2) is 7.16. The van der Waals surface area contributed by atoms with E-state index in [0.29, 0.717) is 10.5 Å². The van der Waals surface area contributed by atoms with Crippen LogP contribution in [0.25, 0.3) is 5.57 Å². The van der Waals surface area contributed by atoms with E-state index in [4.69, 9.17) is 0 Å². The van der Waals surface area contributed by atoms with Crippen molar-refractivity contribution in [3.63, 3.8) is 0 Å². The molecule has 3 rings (SSSR count). The summed E-state index contributed by atoms with van der Waals surface area (Å²) in [6.07, 6.45) is 0. The Morgan fingerprint density at radius 3 is 2.56 bits per heavy atom. The first kappa shape index (κ1) is 17.3. The molecule has 2 amide bonds. The van der Waals surface area contributed by atoms with Crippen LogP contribution < -0.4 is 0 Å². The van der Waals surface area contributed by atoms with Crippen molar-refractivity contribution >= 4 is 28.7 Å². The number of hydrogen-bond acceptors (Lipinski definition) is 5. The maximum absolute atomic E-state index is 13.9. The van der Waals surface area contributed by atoms with Crippen LogP contribution in [0.5, 0.6) is 0 Å². The van der Waals surface area contributed by atoms with Gasteiger partial charge in [-0.3, -0.25) is 14.5 Å². The van der Waals surface area contributed by atoms with E-state index >= 15 is 0 Å². The molecule has 0 fully saturated rings. The van der Waals surface area contributed by atoms with Crippen LogP contribution in [0.2, 0.25) is 0 Å². The first-order valence-electron chi connectivity index (χ1n) is 7.74. The minimum atomic E-state index is -0.479. The van der Waals surface area contributed by atoms with Crippen molar-refractivity contribution in [3.05, 3.63) is 63.7 Å². The summed E-state index contributed by atoms with van der Waals surface area (Å²) in [5.41, 5.74) is 0.811. The number of hydrogen-bond donors (Lipinski definition) is 1. The van der Waals surface area contributed by atoms with Gasteiger partial charge in [0.05, 0.1) is 18.7 Å². The molecule has 0 atom stereocenters. The largest absolute Gasteiger partial charge is 0.395 e. The van der Waals surface area contributed by atoms with Crippen molar-refractivity contribution in [1.29, 1.82) is 0 Å². The van der Waals surface area contributed by atoms with Crippen LogP contribution in [0.3, 0.4) is 0 Å². The Kier molecular flexibility index (Phi) is 4.96. The Labute approximate surface area is 148 Å². The van der Waals surface area contributed by atoms with E-state index in [1.54, 1.807) is 42.3 Å². The number of thiophene rings is 1. The third kappa shape index (κ3) is 3.20. The molecule has 1 aliphatic heterocycles. The summed E-state index contributed by atoms with van der Waals surface area (Å²) in [5, 5.41) is 11.0. The monoisotopic (exact) mass is 360 g/mol. The minimum absolute atomic E-state index is 0.129. The van der Waals surface area contributed by atoms with Gasteiger partial charge in [-0.15, -0.1) is 11.3 Å². The minimum Gasteiger partial charge on any atom is -0.395 e. The number of carbonyl (C=O) groups is 2. The summed E-state index contributed by atoms with van der Waals surface area (Å²) in [5.74, 6) is -1.39. The fourth-order valence-electron chi connectivity index (χ4n) is 2.76. The molecule has 0 radical (unpaired) electrons. The van der Waals surface area contributed by atoms with E-state index in [0.717, 1.165) is 4.90 Å². The zero-order valence-corrected chi connectivity index (χ0v) is 14.4. The number of likely N-dealkylation sites (N-methyl/N-ethyl adjacent to an activating group) is 1. The number of imide groups is 1. The van der Waals surface area contributed by atoms with Gasteiger partial charge in [0.25, 0.3) is 11.8 Å². The normalized spacial score (nSPS) is 14.6. The van der Waals surface area contributed by atoms with E-state index in [1.807, 2.05) is 5.38 Å². The molecule has 5 nitrogen and oxygen atoms in total. The quantitative estimate of drug-likeness (QED) is 0.802. The number of nitrogens with zero attached hydrogens (tertiary/aromatic N) is 2. The van der Waals surface area contributed by atoms with Crippen LogP contribution >= 0.6 is 11.3 Å². The van der Waals surface area contributed by atoms with Crippen LogP contribution in [0.4, 0.5) is 4.39 Å². The third-order valence-corrected chi connectivity index (χ3v) is 4.90. The van der Waals surface area contributed by atoms with Gasteiger partial charge in [0.1, 0.15) is 11.5 Å². The average molecular weight is 360 g/mol. The summed E-state index contributed by atoms with van der Waals surface area (Å²) in [6, 6.07) is 9.64. The van der Waals surface area contributed by atoms with Crippen molar-refractivity contribution in [2.75, 3.05) is 20.2 Å². The van der Waals surface area contributed by atoms with Crippen molar-refractivity contribution in [1.82, 2.24) is 9.80 Å². The number of benzene rings is 1.